The minimum absolute atomic E-state index is 0.339. The lowest BCUT2D eigenvalue weighted by Crippen LogP contribution is -2.32. The molecule has 0 aliphatic heterocycles. The number of nitrogens with two attached hydrogens (primary N) is 1. The van der Waals surface area contributed by atoms with Crippen molar-refractivity contribution in [1.29, 1.82) is 0 Å². The van der Waals surface area contributed by atoms with Crippen molar-refractivity contribution in [3.05, 3.63) is 24.2 Å². The van der Waals surface area contributed by atoms with Crippen LogP contribution >= 0.6 is 0 Å². The van der Waals surface area contributed by atoms with E-state index in [0.29, 0.717) is 11.7 Å². The molecule has 1 atom stereocenters. The van der Waals surface area contributed by atoms with E-state index < -0.39 is 11.9 Å². The number of primary amides is 1. The highest BCUT2D eigenvalue weighted by Gasteiger charge is 2.13. The Morgan fingerprint density at radius 1 is 1.44 bits per heavy atom. The second-order valence-corrected chi connectivity index (χ2v) is 4.60. The third-order valence-corrected chi connectivity index (χ3v) is 2.78. The van der Waals surface area contributed by atoms with Crippen LogP contribution in [0.3, 0.4) is 0 Å². The first-order chi connectivity index (χ1) is 8.49. The number of hydrogen-bond acceptors (Lipinski definition) is 4. The zero-order chi connectivity index (χ0) is 13.3. The van der Waals surface area contributed by atoms with Gasteiger partial charge in [0.05, 0.1) is 5.69 Å². The molecule has 2 aromatic heterocycles. The maximum absolute atomic E-state index is 11.1. The maximum Gasteiger partial charge on any atom is 0.239 e. The van der Waals surface area contributed by atoms with Gasteiger partial charge in [0.15, 0.2) is 5.82 Å². The summed E-state index contributed by atoms with van der Waals surface area (Å²) in [5, 5.41) is 7.44. The number of carbonyl (C=O) groups excluding carboxylic acids is 1. The molecule has 0 radical (unpaired) electrons. The summed E-state index contributed by atoms with van der Waals surface area (Å²) in [7, 11) is 0. The van der Waals surface area contributed by atoms with Gasteiger partial charge < -0.3 is 11.1 Å². The van der Waals surface area contributed by atoms with E-state index in [1.165, 1.54) is 0 Å². The Morgan fingerprint density at radius 2 is 2.17 bits per heavy atom. The van der Waals surface area contributed by atoms with Crippen molar-refractivity contribution >= 4 is 17.2 Å². The molecule has 0 saturated heterocycles. The fourth-order valence-corrected chi connectivity index (χ4v) is 1.61. The summed E-state index contributed by atoms with van der Waals surface area (Å²) in [6.07, 6.45) is 3.42. The number of fused-ring (bicyclic) bond motifs is 1. The molecule has 18 heavy (non-hydrogen) atoms. The Hall–Kier alpha value is -2.11. The van der Waals surface area contributed by atoms with Gasteiger partial charge >= 0.3 is 0 Å². The van der Waals surface area contributed by atoms with Crippen molar-refractivity contribution in [1.82, 2.24) is 14.6 Å². The largest absolute Gasteiger partial charge is 0.368 e. The third kappa shape index (κ3) is 2.27. The van der Waals surface area contributed by atoms with Crippen LogP contribution < -0.4 is 11.1 Å². The van der Waals surface area contributed by atoms with Crippen LogP contribution in [0.25, 0.3) is 5.52 Å². The summed E-state index contributed by atoms with van der Waals surface area (Å²) in [5.41, 5.74) is 7.06. The number of hydrogen-bond donors (Lipinski definition) is 2. The van der Waals surface area contributed by atoms with E-state index >= 15 is 0 Å². The first-order valence-electron chi connectivity index (χ1n) is 5.89. The number of anilines is 1. The van der Waals surface area contributed by atoms with Crippen LogP contribution in [0.15, 0.2) is 18.5 Å². The Morgan fingerprint density at radius 3 is 2.78 bits per heavy atom. The molecule has 0 saturated carbocycles. The molecule has 3 N–H and O–H groups in total. The van der Waals surface area contributed by atoms with Crippen molar-refractivity contribution in [2.24, 2.45) is 5.73 Å². The highest BCUT2D eigenvalue weighted by molar-refractivity contribution is 5.83. The molecule has 6 heteroatoms. The van der Waals surface area contributed by atoms with Gasteiger partial charge in [-0.25, -0.2) is 9.50 Å². The van der Waals surface area contributed by atoms with Crippen LogP contribution in [0.1, 0.15) is 32.4 Å². The summed E-state index contributed by atoms with van der Waals surface area (Å²) >= 11 is 0. The van der Waals surface area contributed by atoms with Gasteiger partial charge in [0, 0.05) is 12.4 Å². The molecule has 0 aliphatic rings. The smallest absolute Gasteiger partial charge is 0.239 e. The van der Waals surface area contributed by atoms with Gasteiger partial charge in [-0.3, -0.25) is 4.79 Å². The molecule has 2 heterocycles. The van der Waals surface area contributed by atoms with Crippen molar-refractivity contribution in [3.63, 3.8) is 0 Å². The van der Waals surface area contributed by atoms with Crippen LogP contribution in [-0.4, -0.2) is 26.5 Å². The highest BCUT2D eigenvalue weighted by atomic mass is 16.1. The molecule has 6 nitrogen and oxygen atoms in total. The number of aromatic nitrogens is 3. The molecule has 0 aliphatic carbocycles. The second-order valence-electron chi connectivity index (χ2n) is 4.60. The van der Waals surface area contributed by atoms with E-state index in [9.17, 15) is 4.79 Å². The average Bonchev–Trinajstić information content (AvgIpc) is 2.73. The van der Waals surface area contributed by atoms with E-state index in [2.05, 4.69) is 29.2 Å². The van der Waals surface area contributed by atoms with Crippen molar-refractivity contribution < 1.29 is 4.79 Å². The SMILES string of the molecule is CC(Nc1nccn2nc(C(C)C)cc12)C(N)=O. The zero-order valence-electron chi connectivity index (χ0n) is 10.7. The predicted octanol–water partition coefficient (Wildman–Crippen LogP) is 1.14. The van der Waals surface area contributed by atoms with E-state index in [0.717, 1.165) is 11.2 Å². The molecular weight excluding hydrogens is 230 g/mol. The summed E-state index contributed by atoms with van der Waals surface area (Å²) in [4.78, 5) is 15.3. The lowest BCUT2D eigenvalue weighted by molar-refractivity contribution is -0.118. The van der Waals surface area contributed by atoms with Crippen molar-refractivity contribution in [2.45, 2.75) is 32.7 Å². The normalized spacial score (nSPS) is 12.9. The molecule has 0 spiro atoms. The van der Waals surface area contributed by atoms with Crippen LogP contribution in [-0.2, 0) is 4.79 Å². The van der Waals surface area contributed by atoms with E-state index in [4.69, 9.17) is 5.73 Å². The first kappa shape index (κ1) is 12.3. The molecule has 1 unspecified atom stereocenters. The number of nitrogens with zero attached hydrogens (tertiary/aromatic N) is 3. The molecule has 96 valence electrons. The van der Waals surface area contributed by atoms with Gasteiger partial charge in [0.2, 0.25) is 5.91 Å². The van der Waals surface area contributed by atoms with Crippen LogP contribution in [0.2, 0.25) is 0 Å². The fraction of sp³-hybridized carbons (Fsp3) is 0.417. The molecule has 2 aromatic rings. The second kappa shape index (κ2) is 4.64. The minimum atomic E-state index is -0.471. The zero-order valence-corrected chi connectivity index (χ0v) is 10.7. The molecule has 1 amide bonds. The van der Waals surface area contributed by atoms with Gasteiger partial charge in [0.25, 0.3) is 0 Å². The molecule has 0 aromatic carbocycles. The lowest BCUT2D eigenvalue weighted by Gasteiger charge is -2.11. The first-order valence-corrected chi connectivity index (χ1v) is 5.89. The standard InChI is InChI=1S/C12H17N5O/c1-7(2)9-6-10-12(15-8(3)11(13)18)14-4-5-17(10)16-9/h4-8H,1-3H3,(H2,13,18)(H,14,15). The average molecular weight is 247 g/mol. The van der Waals surface area contributed by atoms with E-state index in [1.807, 2.05) is 6.07 Å². The van der Waals surface area contributed by atoms with Gasteiger partial charge in [-0.1, -0.05) is 13.8 Å². The van der Waals surface area contributed by atoms with Gasteiger partial charge in [-0.2, -0.15) is 5.10 Å². The van der Waals surface area contributed by atoms with Gasteiger partial charge in [0.1, 0.15) is 11.6 Å². The van der Waals surface area contributed by atoms with Gasteiger partial charge in [-0.15, -0.1) is 0 Å². The number of rotatable bonds is 4. The third-order valence-electron chi connectivity index (χ3n) is 2.78. The van der Waals surface area contributed by atoms with Crippen LogP contribution in [0.5, 0.6) is 0 Å². The Bertz CT molecular complexity index is 575. The highest BCUT2D eigenvalue weighted by Crippen LogP contribution is 2.20. The van der Waals surface area contributed by atoms with Crippen LogP contribution in [0, 0.1) is 0 Å². The lowest BCUT2D eigenvalue weighted by atomic mass is 10.1. The Balaban J connectivity index is 2.41. The summed E-state index contributed by atoms with van der Waals surface area (Å²) in [5.74, 6) is 0.539. The number of carbonyl (C=O) groups is 1. The molecule has 2 rings (SSSR count). The van der Waals surface area contributed by atoms with Crippen LogP contribution in [0.4, 0.5) is 5.82 Å². The Kier molecular flexibility index (Phi) is 3.18. The summed E-state index contributed by atoms with van der Waals surface area (Å²) in [6, 6.07) is 1.49. The molecule has 0 bridgehead atoms. The number of amides is 1. The predicted molar refractivity (Wildman–Crippen MR) is 69.4 cm³/mol. The number of nitrogens with one attached hydrogen (secondary N) is 1. The van der Waals surface area contributed by atoms with E-state index in [-0.39, 0.29) is 0 Å². The van der Waals surface area contributed by atoms with Gasteiger partial charge in [-0.05, 0) is 18.9 Å². The van der Waals surface area contributed by atoms with Crippen molar-refractivity contribution in [2.75, 3.05) is 5.32 Å². The van der Waals surface area contributed by atoms with E-state index in [1.54, 1.807) is 23.8 Å². The maximum atomic E-state index is 11.1. The minimum Gasteiger partial charge on any atom is -0.368 e. The Labute approximate surface area is 105 Å². The topological polar surface area (TPSA) is 85.3 Å². The fourth-order valence-electron chi connectivity index (χ4n) is 1.61. The summed E-state index contributed by atoms with van der Waals surface area (Å²) in [6.45, 7) is 5.86. The quantitative estimate of drug-likeness (QED) is 0.848. The molecular formula is C12H17N5O. The molecule has 0 fully saturated rings. The van der Waals surface area contributed by atoms with Crippen molar-refractivity contribution in [3.8, 4) is 0 Å². The summed E-state index contributed by atoms with van der Waals surface area (Å²) < 4.78 is 1.75. The monoisotopic (exact) mass is 247 g/mol.